The molecule has 0 aliphatic carbocycles. The fraction of sp³-hybridized carbons (Fsp3) is 0.588. The molecule has 0 radical (unpaired) electrons. The quantitative estimate of drug-likeness (QED) is 0.323. The van der Waals surface area contributed by atoms with Gasteiger partial charge in [0, 0.05) is 32.7 Å². The number of hydrogen-bond donors (Lipinski definition) is 2. The Bertz CT molecular complexity index is 470. The van der Waals surface area contributed by atoms with Crippen LogP contribution in [0.3, 0.4) is 0 Å². The van der Waals surface area contributed by atoms with Crippen molar-refractivity contribution in [3.05, 3.63) is 29.8 Å². The van der Waals surface area contributed by atoms with Crippen LogP contribution < -0.4 is 16.0 Å². The summed E-state index contributed by atoms with van der Waals surface area (Å²) >= 11 is 0. The molecule has 1 saturated heterocycles. The first-order valence-electron chi connectivity index (χ1n) is 8.37. The highest BCUT2D eigenvalue weighted by molar-refractivity contribution is 5.77. The standard InChI is InChI=1S/C17H28N4O2/c1-2-3-12-23-16-6-4-15(5-7-16)13-20-8-10-21(11-9-20)14-17(22)19-18/h4-7H,2-3,8-14,18H2,1H3,(H,19,22). The maximum Gasteiger partial charge on any atom is 0.248 e. The lowest BCUT2D eigenvalue weighted by Gasteiger charge is -2.34. The molecule has 0 spiro atoms. The molecule has 6 nitrogen and oxygen atoms in total. The third-order valence-electron chi connectivity index (χ3n) is 4.09. The van der Waals surface area contributed by atoms with Gasteiger partial charge in [0.15, 0.2) is 0 Å². The highest BCUT2D eigenvalue weighted by atomic mass is 16.5. The fourth-order valence-corrected chi connectivity index (χ4v) is 2.64. The van der Waals surface area contributed by atoms with Crippen molar-refractivity contribution in [2.24, 2.45) is 5.84 Å². The molecule has 6 heteroatoms. The zero-order chi connectivity index (χ0) is 16.5. The lowest BCUT2D eigenvalue weighted by molar-refractivity contribution is -0.122. The van der Waals surface area contributed by atoms with Gasteiger partial charge in [-0.05, 0) is 24.1 Å². The summed E-state index contributed by atoms with van der Waals surface area (Å²) in [6.07, 6.45) is 2.24. The Labute approximate surface area is 138 Å². The van der Waals surface area contributed by atoms with Crippen molar-refractivity contribution in [3.8, 4) is 5.75 Å². The van der Waals surface area contributed by atoms with Gasteiger partial charge in [-0.15, -0.1) is 0 Å². The Morgan fingerprint density at radius 3 is 2.43 bits per heavy atom. The number of benzene rings is 1. The van der Waals surface area contributed by atoms with Crippen molar-refractivity contribution in [1.29, 1.82) is 0 Å². The van der Waals surface area contributed by atoms with Gasteiger partial charge in [0.1, 0.15) is 5.75 Å². The van der Waals surface area contributed by atoms with Crippen LogP contribution in [0, 0.1) is 0 Å². The molecular formula is C17H28N4O2. The number of nitrogens with zero attached hydrogens (tertiary/aromatic N) is 2. The van der Waals surface area contributed by atoms with Crippen LogP contribution in [0.25, 0.3) is 0 Å². The summed E-state index contributed by atoms with van der Waals surface area (Å²) in [6, 6.07) is 8.37. The van der Waals surface area contributed by atoms with Crippen LogP contribution in [0.15, 0.2) is 24.3 Å². The normalized spacial score (nSPS) is 16.3. The van der Waals surface area contributed by atoms with Crippen LogP contribution in [0.5, 0.6) is 5.75 Å². The minimum absolute atomic E-state index is 0.128. The second-order valence-electron chi connectivity index (χ2n) is 5.97. The van der Waals surface area contributed by atoms with E-state index in [1.54, 1.807) is 0 Å². The molecule has 2 rings (SSSR count). The van der Waals surface area contributed by atoms with Crippen molar-refractivity contribution >= 4 is 5.91 Å². The number of hydrogen-bond acceptors (Lipinski definition) is 5. The van der Waals surface area contributed by atoms with Crippen LogP contribution in [0.4, 0.5) is 0 Å². The minimum atomic E-state index is -0.128. The number of nitrogens with one attached hydrogen (secondary N) is 1. The number of amides is 1. The molecule has 23 heavy (non-hydrogen) atoms. The molecular weight excluding hydrogens is 292 g/mol. The molecule has 0 saturated carbocycles. The van der Waals surface area contributed by atoms with Crippen molar-refractivity contribution in [3.63, 3.8) is 0 Å². The zero-order valence-corrected chi connectivity index (χ0v) is 14.0. The molecule has 1 aromatic carbocycles. The first kappa shape index (κ1) is 17.7. The van der Waals surface area contributed by atoms with Crippen molar-refractivity contribution < 1.29 is 9.53 Å². The molecule has 1 aliphatic heterocycles. The maximum atomic E-state index is 11.3. The third kappa shape index (κ3) is 6.17. The van der Waals surface area contributed by atoms with Gasteiger partial charge in [0.25, 0.3) is 0 Å². The molecule has 1 fully saturated rings. The predicted octanol–water partition coefficient (Wildman–Crippen LogP) is 0.973. The van der Waals surface area contributed by atoms with Gasteiger partial charge in [0.2, 0.25) is 5.91 Å². The first-order valence-corrected chi connectivity index (χ1v) is 8.37. The minimum Gasteiger partial charge on any atom is -0.494 e. The summed E-state index contributed by atoms with van der Waals surface area (Å²) in [5.41, 5.74) is 3.47. The summed E-state index contributed by atoms with van der Waals surface area (Å²) in [6.45, 7) is 7.99. The van der Waals surface area contributed by atoms with Crippen LogP contribution in [-0.4, -0.2) is 55.0 Å². The highest BCUT2D eigenvalue weighted by Crippen LogP contribution is 2.15. The van der Waals surface area contributed by atoms with Gasteiger partial charge in [-0.1, -0.05) is 25.5 Å². The number of carbonyl (C=O) groups excluding carboxylic acids is 1. The molecule has 0 unspecified atom stereocenters. The van der Waals surface area contributed by atoms with E-state index in [1.165, 1.54) is 5.56 Å². The maximum absolute atomic E-state index is 11.3. The average molecular weight is 320 g/mol. The topological polar surface area (TPSA) is 70.8 Å². The van der Waals surface area contributed by atoms with Gasteiger partial charge >= 0.3 is 0 Å². The van der Waals surface area contributed by atoms with E-state index in [0.29, 0.717) is 6.54 Å². The molecule has 128 valence electrons. The Morgan fingerprint density at radius 1 is 1.17 bits per heavy atom. The molecule has 1 heterocycles. The zero-order valence-electron chi connectivity index (χ0n) is 14.0. The lowest BCUT2D eigenvalue weighted by atomic mass is 10.2. The third-order valence-corrected chi connectivity index (χ3v) is 4.09. The average Bonchev–Trinajstić information content (AvgIpc) is 2.58. The summed E-state index contributed by atoms with van der Waals surface area (Å²) < 4.78 is 5.68. The number of nitrogens with two attached hydrogens (primary N) is 1. The van der Waals surface area contributed by atoms with E-state index >= 15 is 0 Å². The van der Waals surface area contributed by atoms with Gasteiger partial charge in [-0.25, -0.2) is 5.84 Å². The molecule has 3 N–H and O–H groups in total. The molecule has 1 aromatic rings. The van der Waals surface area contributed by atoms with Crippen LogP contribution in [0.2, 0.25) is 0 Å². The van der Waals surface area contributed by atoms with E-state index in [1.807, 2.05) is 12.1 Å². The van der Waals surface area contributed by atoms with E-state index in [9.17, 15) is 4.79 Å². The van der Waals surface area contributed by atoms with Crippen LogP contribution in [-0.2, 0) is 11.3 Å². The largest absolute Gasteiger partial charge is 0.494 e. The number of unbranched alkanes of at least 4 members (excludes halogenated alkanes) is 1. The van der Waals surface area contributed by atoms with Gasteiger partial charge in [-0.3, -0.25) is 20.0 Å². The van der Waals surface area contributed by atoms with E-state index < -0.39 is 0 Å². The summed E-state index contributed by atoms with van der Waals surface area (Å²) in [4.78, 5) is 15.8. The number of carbonyl (C=O) groups is 1. The van der Waals surface area contributed by atoms with Crippen molar-refractivity contribution in [1.82, 2.24) is 15.2 Å². The number of piperazine rings is 1. The Morgan fingerprint density at radius 2 is 1.83 bits per heavy atom. The highest BCUT2D eigenvalue weighted by Gasteiger charge is 2.18. The Kier molecular flexibility index (Phi) is 7.32. The van der Waals surface area contributed by atoms with Crippen LogP contribution >= 0.6 is 0 Å². The summed E-state index contributed by atoms with van der Waals surface area (Å²) in [7, 11) is 0. The van der Waals surface area contributed by atoms with Crippen molar-refractivity contribution in [2.75, 3.05) is 39.3 Å². The monoisotopic (exact) mass is 320 g/mol. The second kappa shape index (κ2) is 9.50. The molecule has 1 amide bonds. The van der Waals surface area contributed by atoms with E-state index in [-0.39, 0.29) is 5.91 Å². The number of rotatable bonds is 8. The number of ether oxygens (including phenoxy) is 1. The van der Waals surface area contributed by atoms with Gasteiger partial charge in [0.05, 0.1) is 13.2 Å². The van der Waals surface area contributed by atoms with E-state index in [0.717, 1.165) is 57.9 Å². The molecule has 0 bridgehead atoms. The van der Waals surface area contributed by atoms with Gasteiger partial charge in [-0.2, -0.15) is 0 Å². The molecule has 0 atom stereocenters. The first-order chi connectivity index (χ1) is 11.2. The van der Waals surface area contributed by atoms with Crippen LogP contribution in [0.1, 0.15) is 25.3 Å². The lowest BCUT2D eigenvalue weighted by Crippen LogP contribution is -2.49. The Hall–Kier alpha value is -1.63. The SMILES string of the molecule is CCCCOc1ccc(CN2CCN(CC(=O)NN)CC2)cc1. The predicted molar refractivity (Wildman–Crippen MR) is 90.9 cm³/mol. The van der Waals surface area contributed by atoms with Crippen molar-refractivity contribution in [2.45, 2.75) is 26.3 Å². The van der Waals surface area contributed by atoms with Gasteiger partial charge < -0.3 is 4.74 Å². The molecule has 0 aromatic heterocycles. The molecule has 1 aliphatic rings. The van der Waals surface area contributed by atoms with E-state index in [4.69, 9.17) is 10.6 Å². The van der Waals surface area contributed by atoms with E-state index in [2.05, 4.69) is 34.3 Å². The second-order valence-corrected chi connectivity index (χ2v) is 5.97. The smallest absolute Gasteiger partial charge is 0.248 e. The summed E-state index contributed by atoms with van der Waals surface area (Å²) in [5, 5.41) is 0. The Balaban J connectivity index is 1.72. The fourth-order valence-electron chi connectivity index (χ4n) is 2.64. The summed E-state index contributed by atoms with van der Waals surface area (Å²) in [5.74, 6) is 5.94. The number of hydrazine groups is 1.